The molecule has 0 unspecified atom stereocenters. The quantitative estimate of drug-likeness (QED) is 0.628. The van der Waals surface area contributed by atoms with Gasteiger partial charge in [0, 0.05) is 16.0 Å². The molecule has 0 aliphatic carbocycles. The maximum absolute atomic E-state index is 14.3. The van der Waals surface area contributed by atoms with Crippen molar-refractivity contribution in [3.8, 4) is 0 Å². The van der Waals surface area contributed by atoms with Gasteiger partial charge >= 0.3 is 5.97 Å². The molecule has 2 aromatic rings. The highest BCUT2D eigenvalue weighted by atomic mass is 32.2. The van der Waals surface area contributed by atoms with Crippen LogP contribution in [0.4, 0.5) is 8.78 Å². The molecule has 0 bridgehead atoms. The predicted octanol–water partition coefficient (Wildman–Crippen LogP) is 4.15. The lowest BCUT2D eigenvalue weighted by molar-refractivity contribution is -0.133. The van der Waals surface area contributed by atoms with Gasteiger partial charge in [0.1, 0.15) is 18.2 Å². The van der Waals surface area contributed by atoms with Crippen molar-refractivity contribution in [2.24, 2.45) is 0 Å². The smallest absolute Gasteiger partial charge is 0.339 e. The molecule has 0 amide bonds. The lowest BCUT2D eigenvalue weighted by Gasteiger charge is -2.07. The van der Waals surface area contributed by atoms with E-state index in [4.69, 9.17) is 4.74 Å². The molecule has 22 heavy (non-hydrogen) atoms. The molecule has 2 nitrogen and oxygen atoms in total. The van der Waals surface area contributed by atoms with Gasteiger partial charge in [0.25, 0.3) is 0 Å². The Morgan fingerprint density at radius 3 is 2.45 bits per heavy atom. The van der Waals surface area contributed by atoms with E-state index in [-0.39, 0.29) is 12.2 Å². The molecule has 3 rings (SSSR count). The maximum Gasteiger partial charge on any atom is 0.339 e. The van der Waals surface area contributed by atoms with Gasteiger partial charge < -0.3 is 4.74 Å². The fourth-order valence-corrected chi connectivity index (χ4v) is 2.82. The highest BCUT2D eigenvalue weighted by Gasteiger charge is 2.28. The number of thioether (sulfide) groups is 1. The summed E-state index contributed by atoms with van der Waals surface area (Å²) in [7, 11) is 0. The first kappa shape index (κ1) is 14.8. The molecule has 0 radical (unpaired) electrons. The number of benzene rings is 2. The van der Waals surface area contributed by atoms with Gasteiger partial charge in [-0.2, -0.15) is 0 Å². The largest absolute Gasteiger partial charge is 0.457 e. The van der Waals surface area contributed by atoms with Gasteiger partial charge in [0.2, 0.25) is 0 Å². The summed E-state index contributed by atoms with van der Waals surface area (Å²) in [5.41, 5.74) is 1.63. The van der Waals surface area contributed by atoms with Crippen LogP contribution in [0.1, 0.15) is 11.1 Å². The van der Waals surface area contributed by atoms with E-state index in [9.17, 15) is 13.6 Å². The third-order valence-corrected chi connectivity index (χ3v) is 4.21. The second-order valence-electron chi connectivity index (χ2n) is 4.78. The lowest BCUT2D eigenvalue weighted by atomic mass is 9.96. The fraction of sp³-hybridized carbons (Fsp3) is 0.118. The van der Waals surface area contributed by atoms with Crippen molar-refractivity contribution in [3.05, 3.63) is 65.2 Å². The molecule has 0 atom stereocenters. The van der Waals surface area contributed by atoms with Gasteiger partial charge in [-0.15, -0.1) is 11.8 Å². The van der Waals surface area contributed by atoms with Crippen LogP contribution in [0.15, 0.2) is 47.4 Å². The van der Waals surface area contributed by atoms with Crippen LogP contribution >= 0.6 is 11.8 Å². The van der Waals surface area contributed by atoms with Crippen molar-refractivity contribution in [1.82, 2.24) is 0 Å². The Hall–Kier alpha value is -2.14. The van der Waals surface area contributed by atoms with Crippen LogP contribution < -0.4 is 0 Å². The molecule has 0 saturated carbocycles. The Balaban J connectivity index is 2.13. The second-order valence-corrected chi connectivity index (χ2v) is 5.66. The number of carbonyl (C=O) groups excluding carboxylic acids is 1. The molecule has 0 saturated heterocycles. The minimum atomic E-state index is -0.519. The Morgan fingerprint density at radius 1 is 1.09 bits per heavy atom. The predicted molar refractivity (Wildman–Crippen MR) is 82.4 cm³/mol. The fourth-order valence-electron chi connectivity index (χ4n) is 2.39. The van der Waals surface area contributed by atoms with E-state index in [1.807, 2.05) is 6.26 Å². The Kier molecular flexibility index (Phi) is 3.98. The van der Waals surface area contributed by atoms with Crippen LogP contribution in [0.3, 0.4) is 0 Å². The first-order valence-electron chi connectivity index (χ1n) is 6.60. The first-order chi connectivity index (χ1) is 10.6. The van der Waals surface area contributed by atoms with E-state index < -0.39 is 17.6 Å². The number of halogens is 2. The SMILES string of the molecule is CSc1ccc(C2=C(c3ccc(F)cc3)C(=O)OC2)c(F)c1. The first-order valence-corrected chi connectivity index (χ1v) is 7.82. The summed E-state index contributed by atoms with van der Waals surface area (Å²) in [5.74, 6) is -1.32. The molecule has 0 aromatic heterocycles. The number of cyclic esters (lactones) is 1. The van der Waals surface area contributed by atoms with Crippen molar-refractivity contribution in [1.29, 1.82) is 0 Å². The van der Waals surface area contributed by atoms with E-state index in [0.29, 0.717) is 16.7 Å². The molecule has 1 aliphatic heterocycles. The van der Waals surface area contributed by atoms with Crippen molar-refractivity contribution in [3.63, 3.8) is 0 Å². The van der Waals surface area contributed by atoms with E-state index in [1.54, 1.807) is 12.1 Å². The lowest BCUT2D eigenvalue weighted by Crippen LogP contribution is -1.98. The van der Waals surface area contributed by atoms with Crippen molar-refractivity contribution >= 4 is 28.9 Å². The molecule has 1 aliphatic rings. The molecule has 0 spiro atoms. The summed E-state index contributed by atoms with van der Waals surface area (Å²) in [6, 6.07) is 10.4. The zero-order valence-corrected chi connectivity index (χ0v) is 12.5. The number of rotatable bonds is 3. The summed E-state index contributed by atoms with van der Waals surface area (Å²) in [6.07, 6.45) is 1.86. The van der Waals surface area contributed by atoms with E-state index in [0.717, 1.165) is 4.90 Å². The van der Waals surface area contributed by atoms with Crippen LogP contribution in [0, 0.1) is 11.6 Å². The van der Waals surface area contributed by atoms with Gasteiger partial charge in [0.05, 0.1) is 5.57 Å². The molecule has 5 heteroatoms. The standard InChI is InChI=1S/C17H12F2O2S/c1-22-12-6-7-13(15(19)8-12)14-9-21-17(20)16(14)10-2-4-11(18)5-3-10/h2-8H,9H2,1H3. The number of hydrogen-bond acceptors (Lipinski definition) is 3. The minimum absolute atomic E-state index is 0.0150. The number of hydrogen-bond donors (Lipinski definition) is 0. The van der Waals surface area contributed by atoms with Gasteiger partial charge in [0.15, 0.2) is 0 Å². The zero-order valence-electron chi connectivity index (χ0n) is 11.7. The summed E-state index contributed by atoms with van der Waals surface area (Å²) >= 11 is 1.44. The average Bonchev–Trinajstić information content (AvgIpc) is 2.89. The van der Waals surface area contributed by atoms with Gasteiger partial charge in [-0.05, 0) is 36.1 Å². The Morgan fingerprint density at radius 2 is 1.82 bits per heavy atom. The van der Waals surface area contributed by atoms with Crippen molar-refractivity contribution < 1.29 is 18.3 Å². The highest BCUT2D eigenvalue weighted by molar-refractivity contribution is 7.98. The summed E-state index contributed by atoms with van der Waals surface area (Å²) in [6.45, 7) is 0.0150. The van der Waals surface area contributed by atoms with Crippen LogP contribution in [-0.2, 0) is 9.53 Å². The minimum Gasteiger partial charge on any atom is -0.457 e. The number of esters is 1. The van der Waals surface area contributed by atoms with E-state index in [1.165, 1.54) is 42.1 Å². The van der Waals surface area contributed by atoms with Crippen LogP contribution in [0.5, 0.6) is 0 Å². The Labute approximate surface area is 130 Å². The van der Waals surface area contributed by atoms with Gasteiger partial charge in [-0.25, -0.2) is 13.6 Å². The summed E-state index contributed by atoms with van der Waals surface area (Å²) < 4.78 is 32.4. The van der Waals surface area contributed by atoms with Crippen LogP contribution in [0.25, 0.3) is 11.1 Å². The molecule has 0 N–H and O–H groups in total. The number of ether oxygens (including phenoxy) is 1. The second kappa shape index (κ2) is 5.93. The molecular formula is C17H12F2O2S. The van der Waals surface area contributed by atoms with E-state index >= 15 is 0 Å². The average molecular weight is 318 g/mol. The zero-order chi connectivity index (χ0) is 15.7. The van der Waals surface area contributed by atoms with Crippen LogP contribution in [0.2, 0.25) is 0 Å². The third kappa shape index (κ3) is 2.64. The number of carbonyl (C=O) groups is 1. The molecule has 0 fully saturated rings. The van der Waals surface area contributed by atoms with Gasteiger partial charge in [-0.3, -0.25) is 0 Å². The monoisotopic (exact) mass is 318 g/mol. The third-order valence-electron chi connectivity index (χ3n) is 3.49. The van der Waals surface area contributed by atoms with Crippen molar-refractivity contribution in [2.45, 2.75) is 4.90 Å². The molecule has 112 valence electrons. The maximum atomic E-state index is 14.3. The molecular weight excluding hydrogens is 306 g/mol. The topological polar surface area (TPSA) is 26.3 Å². The Bertz CT molecular complexity index is 767. The van der Waals surface area contributed by atoms with Crippen molar-refractivity contribution in [2.75, 3.05) is 12.9 Å². The highest BCUT2D eigenvalue weighted by Crippen LogP contribution is 2.35. The van der Waals surface area contributed by atoms with E-state index in [2.05, 4.69) is 0 Å². The molecule has 2 aromatic carbocycles. The van der Waals surface area contributed by atoms with Crippen LogP contribution in [-0.4, -0.2) is 18.8 Å². The van der Waals surface area contributed by atoms with Gasteiger partial charge in [-0.1, -0.05) is 18.2 Å². The summed E-state index contributed by atoms with van der Waals surface area (Å²) in [4.78, 5) is 12.8. The molecule has 1 heterocycles. The normalized spacial score (nSPS) is 14.4. The summed E-state index contributed by atoms with van der Waals surface area (Å²) in [5, 5.41) is 0.